The van der Waals surface area contributed by atoms with Gasteiger partial charge >= 0.3 is 0 Å². The molecule has 26 heavy (non-hydrogen) atoms. The van der Waals surface area contributed by atoms with Gasteiger partial charge in [0, 0.05) is 31.9 Å². The molecular weight excluding hydrogens is 328 g/mol. The lowest BCUT2D eigenvalue weighted by Crippen LogP contribution is -2.27. The van der Waals surface area contributed by atoms with E-state index in [2.05, 4.69) is 10.1 Å². The first-order valence-electron chi connectivity index (χ1n) is 8.69. The Morgan fingerprint density at radius 3 is 2.73 bits per heavy atom. The van der Waals surface area contributed by atoms with Crippen molar-refractivity contribution < 1.29 is 9.53 Å². The predicted molar refractivity (Wildman–Crippen MR) is 101 cm³/mol. The van der Waals surface area contributed by atoms with Crippen LogP contribution in [-0.4, -0.2) is 39.2 Å². The summed E-state index contributed by atoms with van der Waals surface area (Å²) in [6, 6.07) is 9.64. The van der Waals surface area contributed by atoms with Gasteiger partial charge in [-0.3, -0.25) is 9.48 Å². The highest BCUT2D eigenvalue weighted by Crippen LogP contribution is 2.25. The van der Waals surface area contributed by atoms with Gasteiger partial charge in [0.2, 0.25) is 0 Å². The highest BCUT2D eigenvalue weighted by molar-refractivity contribution is 6.06. The first-order valence-corrected chi connectivity index (χ1v) is 8.69. The van der Waals surface area contributed by atoms with Crippen LogP contribution in [0.3, 0.4) is 0 Å². The Morgan fingerprint density at radius 2 is 2.00 bits per heavy atom. The van der Waals surface area contributed by atoms with E-state index in [-0.39, 0.29) is 5.91 Å². The highest BCUT2D eigenvalue weighted by atomic mass is 16.5. The molecule has 0 aliphatic rings. The number of rotatable bonds is 5. The number of para-hydroxylation sites is 1. The maximum atomic E-state index is 13.2. The molecule has 2 heterocycles. The van der Waals surface area contributed by atoms with E-state index in [1.54, 1.807) is 16.6 Å². The van der Waals surface area contributed by atoms with Crippen molar-refractivity contribution in [2.24, 2.45) is 7.05 Å². The second-order valence-corrected chi connectivity index (χ2v) is 6.42. The Kier molecular flexibility index (Phi) is 4.93. The smallest absolute Gasteiger partial charge is 0.254 e. The van der Waals surface area contributed by atoms with Crippen LogP contribution < -0.4 is 4.74 Å². The van der Waals surface area contributed by atoms with Gasteiger partial charge in [-0.2, -0.15) is 5.10 Å². The van der Waals surface area contributed by atoms with Crippen LogP contribution in [0.1, 0.15) is 34.2 Å². The van der Waals surface area contributed by atoms with E-state index in [1.165, 1.54) is 0 Å². The summed E-state index contributed by atoms with van der Waals surface area (Å²) in [4.78, 5) is 19.4. The fourth-order valence-corrected chi connectivity index (χ4v) is 3.20. The van der Waals surface area contributed by atoms with Crippen LogP contribution in [0, 0.1) is 13.8 Å². The molecule has 1 aromatic carbocycles. The first-order chi connectivity index (χ1) is 12.4. The number of aromatic nitrogens is 3. The molecule has 1 amide bonds. The number of carbonyl (C=O) groups is 1. The van der Waals surface area contributed by atoms with Crippen molar-refractivity contribution in [3.05, 3.63) is 52.8 Å². The molecule has 0 aliphatic carbocycles. The van der Waals surface area contributed by atoms with Crippen LogP contribution in [0.2, 0.25) is 0 Å². The highest BCUT2D eigenvalue weighted by Gasteiger charge is 2.21. The molecule has 0 N–H and O–H groups in total. The van der Waals surface area contributed by atoms with E-state index >= 15 is 0 Å². The third-order valence-electron chi connectivity index (χ3n) is 4.35. The van der Waals surface area contributed by atoms with Crippen molar-refractivity contribution in [3.63, 3.8) is 0 Å². The largest absolute Gasteiger partial charge is 0.494 e. The average molecular weight is 352 g/mol. The Bertz CT molecular complexity index is 962. The molecule has 0 atom stereocenters. The fourth-order valence-electron chi connectivity index (χ4n) is 3.20. The van der Waals surface area contributed by atoms with Gasteiger partial charge in [0.05, 0.1) is 23.3 Å². The average Bonchev–Trinajstić information content (AvgIpc) is 2.89. The third-order valence-corrected chi connectivity index (χ3v) is 4.35. The Hall–Kier alpha value is -2.89. The summed E-state index contributed by atoms with van der Waals surface area (Å²) in [5, 5.41) is 5.23. The number of fused-ring (bicyclic) bond motifs is 1. The Balaban J connectivity index is 1.96. The van der Waals surface area contributed by atoms with Crippen LogP contribution in [0.25, 0.3) is 11.0 Å². The fraction of sp³-hybridized carbons (Fsp3) is 0.350. The maximum absolute atomic E-state index is 13.2. The minimum Gasteiger partial charge on any atom is -0.494 e. The number of benzene rings is 1. The van der Waals surface area contributed by atoms with Gasteiger partial charge < -0.3 is 9.64 Å². The number of pyridine rings is 1. The summed E-state index contributed by atoms with van der Waals surface area (Å²) in [7, 11) is 3.65. The molecule has 6 nitrogen and oxygen atoms in total. The summed E-state index contributed by atoms with van der Waals surface area (Å²) < 4.78 is 7.39. The number of hydrogen-bond donors (Lipinski definition) is 0. The zero-order chi connectivity index (χ0) is 18.8. The lowest BCUT2D eigenvalue weighted by molar-refractivity contribution is 0.0785. The van der Waals surface area contributed by atoms with E-state index < -0.39 is 0 Å². The number of aryl methyl sites for hydroxylation is 3. The summed E-state index contributed by atoms with van der Waals surface area (Å²) in [5.41, 5.74) is 3.95. The summed E-state index contributed by atoms with van der Waals surface area (Å²) in [6.45, 7) is 6.81. The molecule has 0 aliphatic heterocycles. The van der Waals surface area contributed by atoms with Gasteiger partial charge in [-0.25, -0.2) is 4.98 Å². The number of nitrogens with zero attached hydrogens (tertiary/aromatic N) is 4. The topological polar surface area (TPSA) is 60.2 Å². The van der Waals surface area contributed by atoms with Crippen LogP contribution in [0.15, 0.2) is 30.3 Å². The van der Waals surface area contributed by atoms with Crippen molar-refractivity contribution in [2.45, 2.75) is 27.3 Å². The van der Waals surface area contributed by atoms with Crippen LogP contribution >= 0.6 is 0 Å². The number of ether oxygens (including phenoxy) is 1. The van der Waals surface area contributed by atoms with Crippen molar-refractivity contribution in [3.8, 4) is 5.75 Å². The molecule has 0 radical (unpaired) electrons. The summed E-state index contributed by atoms with van der Waals surface area (Å²) in [5.74, 6) is 0.756. The number of hydrogen-bond acceptors (Lipinski definition) is 4. The molecule has 0 saturated heterocycles. The Morgan fingerprint density at radius 1 is 1.27 bits per heavy atom. The predicted octanol–water partition coefficient (Wildman–Crippen LogP) is 3.26. The van der Waals surface area contributed by atoms with Crippen LogP contribution in [0.5, 0.6) is 5.75 Å². The lowest BCUT2D eigenvalue weighted by atomic mass is 10.1. The monoisotopic (exact) mass is 352 g/mol. The zero-order valence-corrected chi connectivity index (χ0v) is 15.9. The molecule has 3 rings (SSSR count). The molecule has 6 heteroatoms. The standard InChI is InChI=1S/C20H24N4O2/c1-6-26-17-10-8-7-9-15(17)12-23(4)20(25)16-11-13(2)21-19-18(16)14(3)22-24(19)5/h7-11H,6,12H2,1-5H3. The van der Waals surface area contributed by atoms with Gasteiger partial charge in [-0.1, -0.05) is 18.2 Å². The van der Waals surface area contributed by atoms with E-state index in [0.29, 0.717) is 18.7 Å². The van der Waals surface area contributed by atoms with Gasteiger partial charge in [-0.05, 0) is 32.9 Å². The molecule has 0 unspecified atom stereocenters. The number of amides is 1. The lowest BCUT2D eigenvalue weighted by Gasteiger charge is -2.20. The second kappa shape index (κ2) is 7.15. The van der Waals surface area contributed by atoms with Gasteiger partial charge in [0.25, 0.3) is 5.91 Å². The van der Waals surface area contributed by atoms with E-state index in [9.17, 15) is 4.79 Å². The number of carbonyl (C=O) groups excluding carboxylic acids is 1. The molecule has 2 aromatic heterocycles. The maximum Gasteiger partial charge on any atom is 0.254 e. The Labute approximate surface area is 153 Å². The molecule has 0 spiro atoms. The molecule has 0 fully saturated rings. The first kappa shape index (κ1) is 17.9. The normalized spacial score (nSPS) is 11.0. The van der Waals surface area contributed by atoms with Gasteiger partial charge in [-0.15, -0.1) is 0 Å². The van der Waals surface area contributed by atoms with Gasteiger partial charge in [0.1, 0.15) is 5.75 Å². The molecule has 0 saturated carbocycles. The SMILES string of the molecule is CCOc1ccccc1CN(C)C(=O)c1cc(C)nc2c1c(C)nn2C. The zero-order valence-electron chi connectivity index (χ0n) is 15.9. The van der Waals surface area contributed by atoms with Crippen LogP contribution in [-0.2, 0) is 13.6 Å². The molecule has 3 aromatic rings. The second-order valence-electron chi connectivity index (χ2n) is 6.42. The van der Waals surface area contributed by atoms with Gasteiger partial charge in [0.15, 0.2) is 5.65 Å². The minimum atomic E-state index is -0.0529. The third kappa shape index (κ3) is 3.27. The molecule has 0 bridgehead atoms. The van der Waals surface area contributed by atoms with Crippen molar-refractivity contribution in [2.75, 3.05) is 13.7 Å². The molecular formula is C20H24N4O2. The minimum absolute atomic E-state index is 0.0529. The van der Waals surface area contributed by atoms with Crippen molar-refractivity contribution in [1.82, 2.24) is 19.7 Å². The van der Waals surface area contributed by atoms with Crippen LogP contribution in [0.4, 0.5) is 0 Å². The summed E-state index contributed by atoms with van der Waals surface area (Å²) in [6.07, 6.45) is 0. The van der Waals surface area contributed by atoms with Crippen molar-refractivity contribution >= 4 is 16.9 Å². The summed E-state index contributed by atoms with van der Waals surface area (Å²) >= 11 is 0. The van der Waals surface area contributed by atoms with E-state index in [4.69, 9.17) is 4.74 Å². The van der Waals surface area contributed by atoms with E-state index in [0.717, 1.165) is 33.7 Å². The molecule has 136 valence electrons. The quantitative estimate of drug-likeness (QED) is 0.707. The van der Waals surface area contributed by atoms with Crippen molar-refractivity contribution in [1.29, 1.82) is 0 Å². The van der Waals surface area contributed by atoms with E-state index in [1.807, 2.05) is 58.2 Å².